The van der Waals surface area contributed by atoms with Gasteiger partial charge in [0.1, 0.15) is 0 Å². The number of nitrogens with one attached hydrogen (secondary N) is 2. The first-order valence-electron chi connectivity index (χ1n) is 9.96. The van der Waals surface area contributed by atoms with Gasteiger partial charge in [0.15, 0.2) is 11.5 Å². The fraction of sp³-hybridized carbons (Fsp3) is 0.174. The maximum Gasteiger partial charge on any atom is 0.262 e. The summed E-state index contributed by atoms with van der Waals surface area (Å²) < 4.78 is 39.2. The van der Waals surface area contributed by atoms with Gasteiger partial charge < -0.3 is 14.8 Å². The fourth-order valence-corrected chi connectivity index (χ4v) is 4.30. The summed E-state index contributed by atoms with van der Waals surface area (Å²) in [4.78, 5) is 12.4. The molecule has 3 aromatic carbocycles. The smallest absolute Gasteiger partial charge is 0.262 e. The molecule has 0 spiro atoms. The van der Waals surface area contributed by atoms with E-state index in [4.69, 9.17) is 21.1 Å². The maximum atomic E-state index is 12.8. The lowest BCUT2D eigenvalue weighted by Gasteiger charge is -2.12. The van der Waals surface area contributed by atoms with Gasteiger partial charge in [-0.3, -0.25) is 9.52 Å². The number of carbonyl (C=O) groups excluding carboxylic acids is 1. The average Bonchev–Trinajstić information content (AvgIpc) is 3.04. The van der Waals surface area contributed by atoms with Gasteiger partial charge in [0, 0.05) is 35.3 Å². The number of hydrogen-bond donors (Lipinski definition) is 2. The second kappa shape index (κ2) is 9.50. The molecule has 3 aromatic rings. The molecular weight excluding hydrogens is 452 g/mol. The first-order chi connectivity index (χ1) is 15.4. The standard InChI is InChI=1S/C23H21ClN2O5S/c24-18-6-2-16(3-7-18)15-25-23(27)17-4-8-19(9-5-17)26-32(28,29)20-10-11-21-22(14-20)31-13-1-12-30-21/h2-11,14,26H,1,12-13,15H2,(H,25,27). The topological polar surface area (TPSA) is 93.7 Å². The first-order valence-corrected chi connectivity index (χ1v) is 11.8. The van der Waals surface area contributed by atoms with Gasteiger partial charge in [-0.25, -0.2) is 8.42 Å². The van der Waals surface area contributed by atoms with Crippen LogP contribution in [0.2, 0.25) is 5.02 Å². The predicted octanol–water partition coefficient (Wildman–Crippen LogP) is 4.23. The molecule has 1 aliphatic rings. The van der Waals surface area contributed by atoms with E-state index in [9.17, 15) is 13.2 Å². The number of hydrogen-bond acceptors (Lipinski definition) is 5. The predicted molar refractivity (Wildman–Crippen MR) is 122 cm³/mol. The Morgan fingerprint density at radius 2 is 1.59 bits per heavy atom. The highest BCUT2D eigenvalue weighted by molar-refractivity contribution is 7.92. The second-order valence-electron chi connectivity index (χ2n) is 7.15. The molecular formula is C23H21ClN2O5S. The molecule has 32 heavy (non-hydrogen) atoms. The summed E-state index contributed by atoms with van der Waals surface area (Å²) in [5.41, 5.74) is 1.67. The van der Waals surface area contributed by atoms with Crippen LogP contribution in [0.4, 0.5) is 5.69 Å². The molecule has 0 unspecified atom stereocenters. The van der Waals surface area contributed by atoms with Gasteiger partial charge in [-0.05, 0) is 54.1 Å². The van der Waals surface area contributed by atoms with E-state index in [2.05, 4.69) is 10.0 Å². The van der Waals surface area contributed by atoms with Crippen LogP contribution in [-0.2, 0) is 16.6 Å². The molecule has 0 aliphatic carbocycles. The Morgan fingerprint density at radius 1 is 0.906 bits per heavy atom. The lowest BCUT2D eigenvalue weighted by Crippen LogP contribution is -2.22. The molecule has 9 heteroatoms. The molecule has 0 atom stereocenters. The minimum absolute atomic E-state index is 0.0616. The molecule has 0 fully saturated rings. The summed E-state index contributed by atoms with van der Waals surface area (Å²) >= 11 is 5.86. The minimum atomic E-state index is -3.84. The highest BCUT2D eigenvalue weighted by atomic mass is 35.5. The number of halogens is 1. The van der Waals surface area contributed by atoms with Crippen molar-refractivity contribution < 1.29 is 22.7 Å². The van der Waals surface area contributed by atoms with E-state index in [1.54, 1.807) is 30.3 Å². The monoisotopic (exact) mass is 472 g/mol. The van der Waals surface area contributed by atoms with E-state index >= 15 is 0 Å². The van der Waals surface area contributed by atoms with Gasteiger partial charge in [-0.2, -0.15) is 0 Å². The van der Waals surface area contributed by atoms with Gasteiger partial charge in [0.2, 0.25) is 0 Å². The molecule has 1 aliphatic heterocycles. The summed E-state index contributed by atoms with van der Waals surface area (Å²) in [7, 11) is -3.84. The van der Waals surface area contributed by atoms with Crippen molar-refractivity contribution in [2.45, 2.75) is 17.9 Å². The SMILES string of the molecule is O=C(NCc1ccc(Cl)cc1)c1ccc(NS(=O)(=O)c2ccc3c(c2)OCCCO3)cc1. The largest absolute Gasteiger partial charge is 0.490 e. The van der Waals surface area contributed by atoms with Crippen molar-refractivity contribution in [1.29, 1.82) is 0 Å². The Morgan fingerprint density at radius 3 is 2.31 bits per heavy atom. The quantitative estimate of drug-likeness (QED) is 0.560. The first kappa shape index (κ1) is 22.0. The van der Waals surface area contributed by atoms with Crippen LogP contribution < -0.4 is 19.5 Å². The van der Waals surface area contributed by atoms with Crippen molar-refractivity contribution in [2.24, 2.45) is 0 Å². The number of anilines is 1. The van der Waals surface area contributed by atoms with Crippen LogP contribution >= 0.6 is 11.6 Å². The highest BCUT2D eigenvalue weighted by Crippen LogP contribution is 2.32. The number of ether oxygens (including phenoxy) is 2. The van der Waals surface area contributed by atoms with Crippen molar-refractivity contribution in [1.82, 2.24) is 5.32 Å². The molecule has 0 radical (unpaired) electrons. The van der Waals surface area contributed by atoms with Crippen molar-refractivity contribution in [3.63, 3.8) is 0 Å². The Balaban J connectivity index is 1.41. The number of carbonyl (C=O) groups is 1. The zero-order valence-electron chi connectivity index (χ0n) is 17.0. The lowest BCUT2D eigenvalue weighted by atomic mass is 10.2. The zero-order valence-corrected chi connectivity index (χ0v) is 18.6. The molecule has 0 saturated heterocycles. The Kier molecular flexibility index (Phi) is 6.53. The Hall–Kier alpha value is -3.23. The van der Waals surface area contributed by atoms with E-state index in [0.717, 1.165) is 12.0 Å². The number of fused-ring (bicyclic) bond motifs is 1. The number of benzene rings is 3. The minimum Gasteiger partial charge on any atom is -0.490 e. The molecule has 2 N–H and O–H groups in total. The summed E-state index contributed by atoms with van der Waals surface area (Å²) in [6.07, 6.45) is 0.731. The van der Waals surface area contributed by atoms with Crippen molar-refractivity contribution in [2.75, 3.05) is 17.9 Å². The van der Waals surface area contributed by atoms with E-state index in [1.165, 1.54) is 24.3 Å². The molecule has 0 aromatic heterocycles. The van der Waals surface area contributed by atoms with Crippen LogP contribution in [-0.4, -0.2) is 27.5 Å². The number of sulfonamides is 1. The second-order valence-corrected chi connectivity index (χ2v) is 9.27. The van der Waals surface area contributed by atoms with Gasteiger partial charge in [-0.15, -0.1) is 0 Å². The van der Waals surface area contributed by atoms with Gasteiger partial charge in [-0.1, -0.05) is 23.7 Å². The van der Waals surface area contributed by atoms with Crippen molar-refractivity contribution >= 4 is 33.2 Å². The molecule has 1 heterocycles. The number of rotatable bonds is 6. The molecule has 166 valence electrons. The maximum absolute atomic E-state index is 12.8. The highest BCUT2D eigenvalue weighted by Gasteiger charge is 2.19. The molecule has 0 bridgehead atoms. The molecule has 7 nitrogen and oxygen atoms in total. The van der Waals surface area contributed by atoms with E-state index in [1.807, 2.05) is 12.1 Å². The van der Waals surface area contributed by atoms with Gasteiger partial charge in [0.05, 0.1) is 18.1 Å². The fourth-order valence-electron chi connectivity index (χ4n) is 3.10. The summed E-state index contributed by atoms with van der Waals surface area (Å²) in [5, 5.41) is 3.45. The molecule has 1 amide bonds. The summed E-state index contributed by atoms with van der Waals surface area (Å²) in [5.74, 6) is 0.658. The average molecular weight is 473 g/mol. The van der Waals surface area contributed by atoms with Gasteiger partial charge >= 0.3 is 0 Å². The van der Waals surface area contributed by atoms with E-state index < -0.39 is 10.0 Å². The van der Waals surface area contributed by atoms with Crippen LogP contribution in [0, 0.1) is 0 Å². The number of amides is 1. The Bertz CT molecular complexity index is 1210. The van der Waals surface area contributed by atoms with Crippen LogP contribution in [0.15, 0.2) is 71.6 Å². The lowest BCUT2D eigenvalue weighted by molar-refractivity contribution is 0.0951. The molecule has 4 rings (SSSR count). The summed E-state index contributed by atoms with van der Waals surface area (Å²) in [6.45, 7) is 1.34. The van der Waals surface area contributed by atoms with Crippen molar-refractivity contribution in [3.05, 3.63) is 82.9 Å². The van der Waals surface area contributed by atoms with E-state index in [0.29, 0.717) is 47.5 Å². The Labute approximate surface area is 191 Å². The molecule has 0 saturated carbocycles. The van der Waals surface area contributed by atoms with Crippen LogP contribution in [0.3, 0.4) is 0 Å². The van der Waals surface area contributed by atoms with Crippen LogP contribution in [0.25, 0.3) is 0 Å². The third kappa shape index (κ3) is 5.33. The van der Waals surface area contributed by atoms with Gasteiger partial charge in [0.25, 0.3) is 15.9 Å². The van der Waals surface area contributed by atoms with E-state index in [-0.39, 0.29) is 10.8 Å². The third-order valence-electron chi connectivity index (χ3n) is 4.79. The summed E-state index contributed by atoms with van der Waals surface area (Å²) in [6, 6.07) is 17.9. The zero-order chi connectivity index (χ0) is 22.6. The van der Waals surface area contributed by atoms with Crippen LogP contribution in [0.5, 0.6) is 11.5 Å². The van der Waals surface area contributed by atoms with Crippen molar-refractivity contribution in [3.8, 4) is 11.5 Å². The third-order valence-corrected chi connectivity index (χ3v) is 6.43. The normalized spacial score (nSPS) is 13.2. The van der Waals surface area contributed by atoms with Crippen LogP contribution in [0.1, 0.15) is 22.3 Å².